The number of aromatic carboxylic acids is 1. The number of anilines is 1. The molecule has 0 aromatic heterocycles. The summed E-state index contributed by atoms with van der Waals surface area (Å²) >= 11 is 9.04. The van der Waals surface area contributed by atoms with E-state index in [9.17, 15) is 14.0 Å². The van der Waals surface area contributed by atoms with Crippen LogP contribution < -0.4 is 5.32 Å². The van der Waals surface area contributed by atoms with E-state index in [4.69, 9.17) is 16.7 Å². The number of hydrogen-bond donors (Lipinski definition) is 2. The minimum Gasteiger partial charge on any atom is -0.478 e. The highest BCUT2D eigenvalue weighted by atomic mass is 79.9. The van der Waals surface area contributed by atoms with Gasteiger partial charge in [0, 0.05) is 15.1 Å². The van der Waals surface area contributed by atoms with Crippen molar-refractivity contribution in [3.8, 4) is 0 Å². The van der Waals surface area contributed by atoms with Gasteiger partial charge in [0.2, 0.25) is 0 Å². The molecule has 108 valence electrons. The summed E-state index contributed by atoms with van der Waals surface area (Å²) in [6.07, 6.45) is 0. The Kier molecular flexibility index (Phi) is 4.59. The molecule has 0 fully saturated rings. The van der Waals surface area contributed by atoms with Gasteiger partial charge in [-0.25, -0.2) is 9.18 Å². The first-order chi connectivity index (χ1) is 9.86. The van der Waals surface area contributed by atoms with Crippen LogP contribution in [-0.2, 0) is 0 Å². The molecular weight excluding hydrogens is 365 g/mol. The molecule has 0 unspecified atom stereocenters. The Morgan fingerprint density at radius 3 is 2.43 bits per heavy atom. The summed E-state index contributed by atoms with van der Waals surface area (Å²) in [6, 6.07) is 7.81. The summed E-state index contributed by atoms with van der Waals surface area (Å²) in [5.74, 6) is -2.63. The lowest BCUT2D eigenvalue weighted by Crippen LogP contribution is -2.13. The van der Waals surface area contributed by atoms with Gasteiger partial charge in [-0.3, -0.25) is 4.79 Å². The second-order valence-corrected chi connectivity index (χ2v) is 5.46. The summed E-state index contributed by atoms with van der Waals surface area (Å²) in [7, 11) is 0. The van der Waals surface area contributed by atoms with E-state index in [1.54, 1.807) is 6.07 Å². The second-order valence-electron chi connectivity index (χ2n) is 4.11. The van der Waals surface area contributed by atoms with E-state index < -0.39 is 17.7 Å². The Hall–Kier alpha value is -1.92. The summed E-state index contributed by atoms with van der Waals surface area (Å²) in [4.78, 5) is 22.7. The second kappa shape index (κ2) is 6.24. The van der Waals surface area contributed by atoms with Crippen molar-refractivity contribution in [1.29, 1.82) is 0 Å². The average Bonchev–Trinajstić information content (AvgIpc) is 2.39. The van der Waals surface area contributed by atoms with Gasteiger partial charge in [-0.1, -0.05) is 27.5 Å². The Morgan fingerprint density at radius 2 is 1.86 bits per heavy atom. The molecule has 0 bridgehead atoms. The quantitative estimate of drug-likeness (QED) is 0.849. The fraction of sp³-hybridized carbons (Fsp3) is 0. The van der Waals surface area contributed by atoms with Gasteiger partial charge in [-0.05, 0) is 36.4 Å². The van der Waals surface area contributed by atoms with Crippen molar-refractivity contribution in [2.24, 2.45) is 0 Å². The molecule has 0 saturated heterocycles. The van der Waals surface area contributed by atoms with Gasteiger partial charge >= 0.3 is 5.97 Å². The highest BCUT2D eigenvalue weighted by Crippen LogP contribution is 2.21. The molecule has 0 spiro atoms. The molecule has 0 aliphatic rings. The molecule has 0 radical (unpaired) electrons. The van der Waals surface area contributed by atoms with E-state index in [1.165, 1.54) is 24.3 Å². The molecule has 2 aromatic rings. The van der Waals surface area contributed by atoms with Gasteiger partial charge < -0.3 is 10.4 Å². The Bertz CT molecular complexity index is 716. The van der Waals surface area contributed by atoms with E-state index in [0.29, 0.717) is 9.50 Å². The molecule has 21 heavy (non-hydrogen) atoms. The lowest BCUT2D eigenvalue weighted by molar-refractivity contribution is 0.0696. The van der Waals surface area contributed by atoms with E-state index in [1.807, 2.05) is 0 Å². The summed E-state index contributed by atoms with van der Waals surface area (Å²) in [5.41, 5.74) is -0.0619. The van der Waals surface area contributed by atoms with Crippen LogP contribution >= 0.6 is 27.5 Å². The zero-order chi connectivity index (χ0) is 15.6. The first kappa shape index (κ1) is 15.5. The maximum Gasteiger partial charge on any atom is 0.335 e. The van der Waals surface area contributed by atoms with E-state index in [0.717, 1.165) is 6.07 Å². The Balaban J connectivity index is 2.25. The third-order valence-corrected chi connectivity index (χ3v) is 3.27. The monoisotopic (exact) mass is 371 g/mol. The SMILES string of the molecule is O=C(O)c1ccc(NC(=O)c2cc(Cl)cc(Br)c2)c(F)c1. The number of carbonyl (C=O) groups is 2. The number of rotatable bonds is 3. The molecule has 0 saturated carbocycles. The molecular formula is C14H8BrClFNO3. The fourth-order valence-electron chi connectivity index (χ4n) is 1.63. The molecule has 2 rings (SSSR count). The lowest BCUT2D eigenvalue weighted by Gasteiger charge is -2.08. The van der Waals surface area contributed by atoms with Gasteiger partial charge in [0.1, 0.15) is 5.82 Å². The molecule has 1 amide bonds. The predicted molar refractivity (Wildman–Crippen MR) is 80.5 cm³/mol. The molecule has 0 heterocycles. The first-order valence-electron chi connectivity index (χ1n) is 5.67. The highest BCUT2D eigenvalue weighted by molar-refractivity contribution is 9.10. The Morgan fingerprint density at radius 1 is 1.14 bits per heavy atom. The van der Waals surface area contributed by atoms with Crippen LogP contribution in [0.1, 0.15) is 20.7 Å². The van der Waals surface area contributed by atoms with Crippen LogP contribution in [0.4, 0.5) is 10.1 Å². The number of carboxylic acid groups (broad SMARTS) is 1. The number of halogens is 3. The number of nitrogens with one attached hydrogen (secondary N) is 1. The lowest BCUT2D eigenvalue weighted by atomic mass is 10.1. The molecule has 0 atom stereocenters. The summed E-state index contributed by atoms with van der Waals surface area (Å²) < 4.78 is 14.3. The molecule has 7 heteroatoms. The number of carbonyl (C=O) groups excluding carboxylic acids is 1. The first-order valence-corrected chi connectivity index (χ1v) is 6.84. The third kappa shape index (κ3) is 3.80. The van der Waals surface area contributed by atoms with Gasteiger partial charge in [0.25, 0.3) is 5.91 Å². The van der Waals surface area contributed by atoms with Crippen LogP contribution in [-0.4, -0.2) is 17.0 Å². The van der Waals surface area contributed by atoms with E-state index >= 15 is 0 Å². The number of amides is 1. The molecule has 2 N–H and O–H groups in total. The fourth-order valence-corrected chi connectivity index (χ4v) is 2.49. The zero-order valence-electron chi connectivity index (χ0n) is 10.4. The van der Waals surface area contributed by atoms with Gasteiger partial charge in [0.05, 0.1) is 11.3 Å². The van der Waals surface area contributed by atoms with Crippen molar-refractivity contribution < 1.29 is 19.1 Å². The maximum absolute atomic E-state index is 13.7. The number of carboxylic acids is 1. The smallest absolute Gasteiger partial charge is 0.335 e. The van der Waals surface area contributed by atoms with Crippen molar-refractivity contribution in [3.05, 3.63) is 62.8 Å². The van der Waals surface area contributed by atoms with Crippen LogP contribution in [0.2, 0.25) is 5.02 Å². The van der Waals surface area contributed by atoms with Crippen LogP contribution in [0, 0.1) is 5.82 Å². The van der Waals surface area contributed by atoms with Crippen molar-refractivity contribution in [2.45, 2.75) is 0 Å². The topological polar surface area (TPSA) is 66.4 Å². The number of benzene rings is 2. The molecule has 4 nitrogen and oxygen atoms in total. The molecule has 0 aliphatic heterocycles. The maximum atomic E-state index is 13.7. The summed E-state index contributed by atoms with van der Waals surface area (Å²) in [6.45, 7) is 0. The van der Waals surface area contributed by atoms with Gasteiger partial charge in [-0.2, -0.15) is 0 Å². The van der Waals surface area contributed by atoms with Crippen LogP contribution in [0.5, 0.6) is 0 Å². The summed E-state index contributed by atoms with van der Waals surface area (Å²) in [5, 5.41) is 11.5. The minimum absolute atomic E-state index is 0.110. The van der Waals surface area contributed by atoms with E-state index in [-0.39, 0.29) is 16.8 Å². The average molecular weight is 373 g/mol. The van der Waals surface area contributed by atoms with Crippen molar-refractivity contribution >= 4 is 45.1 Å². The van der Waals surface area contributed by atoms with Crippen LogP contribution in [0.15, 0.2) is 40.9 Å². The van der Waals surface area contributed by atoms with Crippen molar-refractivity contribution in [1.82, 2.24) is 0 Å². The van der Waals surface area contributed by atoms with Gasteiger partial charge in [-0.15, -0.1) is 0 Å². The standard InChI is InChI=1S/C14H8BrClFNO3/c15-9-3-8(4-10(16)6-9)13(19)18-12-2-1-7(14(20)21)5-11(12)17/h1-6H,(H,18,19)(H,20,21). The largest absolute Gasteiger partial charge is 0.478 e. The van der Waals surface area contributed by atoms with Gasteiger partial charge in [0.15, 0.2) is 0 Å². The molecule has 2 aromatic carbocycles. The zero-order valence-corrected chi connectivity index (χ0v) is 12.7. The van der Waals surface area contributed by atoms with E-state index in [2.05, 4.69) is 21.2 Å². The number of hydrogen-bond acceptors (Lipinski definition) is 2. The van der Waals surface area contributed by atoms with Crippen LogP contribution in [0.25, 0.3) is 0 Å². The van der Waals surface area contributed by atoms with Crippen molar-refractivity contribution in [3.63, 3.8) is 0 Å². The highest BCUT2D eigenvalue weighted by Gasteiger charge is 2.13. The minimum atomic E-state index is -1.24. The Labute approximate surface area is 132 Å². The normalized spacial score (nSPS) is 10.2. The third-order valence-electron chi connectivity index (χ3n) is 2.59. The molecule has 0 aliphatic carbocycles. The predicted octanol–water partition coefficient (Wildman–Crippen LogP) is 4.19. The van der Waals surface area contributed by atoms with Crippen molar-refractivity contribution in [2.75, 3.05) is 5.32 Å². The van der Waals surface area contributed by atoms with Crippen LogP contribution in [0.3, 0.4) is 0 Å².